The van der Waals surface area contributed by atoms with Gasteiger partial charge in [0.05, 0.1) is 29.6 Å². The van der Waals surface area contributed by atoms with Gasteiger partial charge in [0, 0.05) is 29.8 Å². The lowest BCUT2D eigenvalue weighted by atomic mass is 10.0. The summed E-state index contributed by atoms with van der Waals surface area (Å²) in [5.74, 6) is -0.437. The Balaban J connectivity index is 1.67. The van der Waals surface area contributed by atoms with E-state index >= 15 is 0 Å². The lowest BCUT2D eigenvalue weighted by molar-refractivity contribution is -0.0522. The highest BCUT2D eigenvalue weighted by molar-refractivity contribution is 5.67. The molecule has 2 aromatic heterocycles. The highest BCUT2D eigenvalue weighted by atomic mass is 19.3. The number of pyridine rings is 1. The number of aromatic nitrogens is 2. The van der Waals surface area contributed by atoms with E-state index in [2.05, 4.69) is 4.98 Å². The van der Waals surface area contributed by atoms with Crippen LogP contribution < -0.4 is 4.74 Å². The number of ether oxygens (including phenoxy) is 2. The molecule has 1 atom stereocenters. The molecule has 3 heterocycles. The minimum absolute atomic E-state index is 0.0183. The maximum Gasteiger partial charge on any atom is 0.387 e. The van der Waals surface area contributed by atoms with Gasteiger partial charge in [-0.1, -0.05) is 30.3 Å². The molecule has 0 unspecified atom stereocenters. The molecule has 0 N–H and O–H groups in total. The number of alkyl halides is 2. The summed E-state index contributed by atoms with van der Waals surface area (Å²) in [5.41, 5.74) is 3.59. The number of benzene rings is 2. The molecular formula is C24H16F3N3O2. The van der Waals surface area contributed by atoms with E-state index in [1.165, 1.54) is 12.1 Å². The van der Waals surface area contributed by atoms with Crippen molar-refractivity contribution in [2.45, 2.75) is 19.1 Å². The largest absolute Gasteiger partial charge is 0.434 e. The maximum atomic E-state index is 14.9. The van der Waals surface area contributed by atoms with Crippen molar-refractivity contribution in [2.24, 2.45) is 0 Å². The van der Waals surface area contributed by atoms with Crippen molar-refractivity contribution in [3.05, 3.63) is 89.1 Å². The summed E-state index contributed by atoms with van der Waals surface area (Å²) in [6.45, 7) is -2.63. The second kappa shape index (κ2) is 8.02. The molecule has 0 radical (unpaired) electrons. The van der Waals surface area contributed by atoms with Crippen molar-refractivity contribution in [1.82, 2.24) is 9.38 Å². The third kappa shape index (κ3) is 3.47. The molecule has 32 heavy (non-hydrogen) atoms. The summed E-state index contributed by atoms with van der Waals surface area (Å²) in [4.78, 5) is 4.55. The number of imidazole rings is 1. The molecular weight excluding hydrogens is 419 g/mol. The summed E-state index contributed by atoms with van der Waals surface area (Å²) in [5, 5.41) is 9.01. The molecule has 0 bridgehead atoms. The van der Waals surface area contributed by atoms with E-state index in [0.717, 1.165) is 0 Å². The predicted molar refractivity (Wildman–Crippen MR) is 110 cm³/mol. The fourth-order valence-electron chi connectivity index (χ4n) is 4.02. The number of rotatable bonds is 4. The zero-order valence-electron chi connectivity index (χ0n) is 16.6. The molecule has 160 valence electrons. The number of hydrogen-bond donors (Lipinski definition) is 0. The van der Waals surface area contributed by atoms with Crippen LogP contribution in [-0.4, -0.2) is 22.6 Å². The molecule has 2 aromatic carbocycles. The van der Waals surface area contributed by atoms with Crippen LogP contribution in [0.5, 0.6) is 5.75 Å². The van der Waals surface area contributed by atoms with E-state index in [9.17, 15) is 13.2 Å². The number of halogens is 3. The van der Waals surface area contributed by atoms with Crippen molar-refractivity contribution in [1.29, 1.82) is 5.26 Å². The predicted octanol–water partition coefficient (Wildman–Crippen LogP) is 5.28. The van der Waals surface area contributed by atoms with Gasteiger partial charge in [0.2, 0.25) is 0 Å². The average Bonchev–Trinajstić information content (AvgIpc) is 3.16. The number of para-hydroxylation sites is 1. The normalized spacial score (nSPS) is 15.5. The molecule has 0 saturated heterocycles. The Morgan fingerprint density at radius 2 is 1.94 bits per heavy atom. The van der Waals surface area contributed by atoms with Gasteiger partial charge in [0.1, 0.15) is 23.3 Å². The minimum atomic E-state index is -2.97. The molecule has 1 aliphatic heterocycles. The topological polar surface area (TPSA) is 59.6 Å². The number of hydrogen-bond acceptors (Lipinski definition) is 4. The Labute approximate surface area is 181 Å². The van der Waals surface area contributed by atoms with E-state index in [4.69, 9.17) is 14.7 Å². The number of fused-ring (bicyclic) bond motifs is 3. The second-order valence-electron chi connectivity index (χ2n) is 7.31. The number of nitrogens with zero attached hydrogens (tertiary/aromatic N) is 3. The standard InChI is InChI=1S/C24H16F3N3O2/c25-18-11-21-29-19-9-10-31-23(16-3-1-2-4-20(16)32-24(26)27)22(19)30(21)13-17(18)15-7-5-14(12-28)6-8-15/h1-8,11,13,23-24H,9-10H2/t23-/m1/s1. The Hall–Kier alpha value is -3.83. The first-order chi connectivity index (χ1) is 15.5. The van der Waals surface area contributed by atoms with Crippen LogP contribution in [-0.2, 0) is 11.2 Å². The number of nitriles is 1. The maximum absolute atomic E-state index is 14.9. The van der Waals surface area contributed by atoms with Crippen LogP contribution >= 0.6 is 0 Å². The first kappa shape index (κ1) is 20.1. The Morgan fingerprint density at radius 1 is 1.16 bits per heavy atom. The first-order valence-electron chi connectivity index (χ1n) is 9.91. The van der Waals surface area contributed by atoms with E-state index in [1.54, 1.807) is 53.1 Å². The van der Waals surface area contributed by atoms with Gasteiger partial charge in [-0.15, -0.1) is 0 Å². The molecule has 4 aromatic rings. The van der Waals surface area contributed by atoms with Crippen molar-refractivity contribution in [3.63, 3.8) is 0 Å². The van der Waals surface area contributed by atoms with Crippen LogP contribution in [0.15, 0.2) is 60.8 Å². The van der Waals surface area contributed by atoms with E-state index in [0.29, 0.717) is 52.3 Å². The van der Waals surface area contributed by atoms with Crippen LogP contribution in [0.3, 0.4) is 0 Å². The molecule has 0 spiro atoms. The fourth-order valence-corrected chi connectivity index (χ4v) is 4.02. The van der Waals surface area contributed by atoms with Gasteiger partial charge in [-0.05, 0) is 23.8 Å². The van der Waals surface area contributed by atoms with Gasteiger partial charge in [0.15, 0.2) is 0 Å². The summed E-state index contributed by atoms with van der Waals surface area (Å²) in [7, 11) is 0. The van der Waals surface area contributed by atoms with Crippen molar-refractivity contribution >= 4 is 5.65 Å². The minimum Gasteiger partial charge on any atom is -0.434 e. The molecule has 1 aliphatic rings. The lowest BCUT2D eigenvalue weighted by Gasteiger charge is -2.25. The van der Waals surface area contributed by atoms with Gasteiger partial charge in [-0.2, -0.15) is 14.0 Å². The second-order valence-corrected chi connectivity index (χ2v) is 7.31. The smallest absolute Gasteiger partial charge is 0.387 e. The summed E-state index contributed by atoms with van der Waals surface area (Å²) in [6.07, 6.45) is 1.43. The molecule has 8 heteroatoms. The zero-order valence-corrected chi connectivity index (χ0v) is 16.6. The van der Waals surface area contributed by atoms with Crippen LogP contribution in [0.4, 0.5) is 13.2 Å². The molecule has 5 nitrogen and oxygen atoms in total. The van der Waals surface area contributed by atoms with E-state index in [-0.39, 0.29) is 5.75 Å². The quantitative estimate of drug-likeness (QED) is 0.438. The third-order valence-corrected chi connectivity index (χ3v) is 5.44. The summed E-state index contributed by atoms with van der Waals surface area (Å²) < 4.78 is 53.2. The Kier molecular flexibility index (Phi) is 5.04. The lowest BCUT2D eigenvalue weighted by Crippen LogP contribution is -2.20. The highest BCUT2D eigenvalue weighted by Crippen LogP contribution is 2.39. The molecule has 0 amide bonds. The molecule has 0 aliphatic carbocycles. The van der Waals surface area contributed by atoms with Crippen molar-refractivity contribution in [2.75, 3.05) is 6.61 Å². The summed E-state index contributed by atoms with van der Waals surface area (Å²) >= 11 is 0. The SMILES string of the molecule is N#Cc1ccc(-c2cn3c4c(nc3cc2F)CCO[C@@H]4c2ccccc2OC(F)F)cc1. The van der Waals surface area contributed by atoms with Gasteiger partial charge >= 0.3 is 6.61 Å². The van der Waals surface area contributed by atoms with Gasteiger partial charge in [-0.25, -0.2) is 9.37 Å². The van der Waals surface area contributed by atoms with Gasteiger partial charge < -0.3 is 9.47 Å². The highest BCUT2D eigenvalue weighted by Gasteiger charge is 2.31. The van der Waals surface area contributed by atoms with Crippen molar-refractivity contribution in [3.8, 4) is 22.9 Å². The molecule has 0 fully saturated rings. The van der Waals surface area contributed by atoms with Gasteiger partial charge in [-0.3, -0.25) is 4.40 Å². The average molecular weight is 435 g/mol. The van der Waals surface area contributed by atoms with Gasteiger partial charge in [0.25, 0.3) is 0 Å². The van der Waals surface area contributed by atoms with E-state index < -0.39 is 18.5 Å². The van der Waals surface area contributed by atoms with Crippen LogP contribution in [0.2, 0.25) is 0 Å². The van der Waals surface area contributed by atoms with Crippen molar-refractivity contribution < 1.29 is 22.6 Å². The van der Waals surface area contributed by atoms with E-state index in [1.807, 2.05) is 6.07 Å². The monoisotopic (exact) mass is 435 g/mol. The summed E-state index contributed by atoms with van der Waals surface area (Å²) in [6, 6.07) is 16.4. The van der Waals surface area contributed by atoms with Crippen LogP contribution in [0.25, 0.3) is 16.8 Å². The Bertz CT molecular complexity index is 1340. The molecule has 0 saturated carbocycles. The third-order valence-electron chi connectivity index (χ3n) is 5.44. The molecule has 5 rings (SSSR count). The Morgan fingerprint density at radius 3 is 2.69 bits per heavy atom. The first-order valence-corrected chi connectivity index (χ1v) is 9.91. The zero-order chi connectivity index (χ0) is 22.2. The van der Waals surface area contributed by atoms with Crippen LogP contribution in [0, 0.1) is 17.1 Å². The van der Waals surface area contributed by atoms with Crippen LogP contribution in [0.1, 0.15) is 28.6 Å². The fraction of sp³-hybridized carbons (Fsp3) is 0.167.